The van der Waals surface area contributed by atoms with Gasteiger partial charge in [0.15, 0.2) is 0 Å². The number of hydrogen-bond donors (Lipinski definition) is 3. The molecule has 1 atom stereocenters. The van der Waals surface area contributed by atoms with Crippen LogP contribution in [0, 0.1) is 6.92 Å². The molecule has 0 aliphatic carbocycles. The van der Waals surface area contributed by atoms with Gasteiger partial charge in [0.25, 0.3) is 0 Å². The van der Waals surface area contributed by atoms with E-state index < -0.39 is 0 Å². The molecule has 0 radical (unpaired) electrons. The smallest absolute Gasteiger partial charge is 0.132 e. The molecule has 0 aliphatic heterocycles. The summed E-state index contributed by atoms with van der Waals surface area (Å²) in [5.74, 6) is 2.54. The van der Waals surface area contributed by atoms with E-state index in [4.69, 9.17) is 5.73 Å². The van der Waals surface area contributed by atoms with Crippen molar-refractivity contribution in [1.29, 1.82) is 0 Å². The Balaban J connectivity index is 2.55. The summed E-state index contributed by atoms with van der Waals surface area (Å²) < 4.78 is 0. The molecule has 1 heterocycles. The molecule has 0 amide bonds. The second-order valence-electron chi connectivity index (χ2n) is 4.94. The SMILES string of the molecule is CCCCCNc1cc(NC(C)CCN)nc(C)n1. The van der Waals surface area contributed by atoms with Crippen LogP contribution in [0.1, 0.15) is 45.4 Å². The molecular formula is C14H27N5. The maximum absolute atomic E-state index is 5.55. The topological polar surface area (TPSA) is 75.9 Å². The highest BCUT2D eigenvalue weighted by Crippen LogP contribution is 2.13. The first-order valence-corrected chi connectivity index (χ1v) is 7.21. The number of aryl methyl sites for hydroxylation is 1. The molecular weight excluding hydrogens is 238 g/mol. The van der Waals surface area contributed by atoms with E-state index in [2.05, 4.69) is 34.4 Å². The number of aromatic nitrogens is 2. The van der Waals surface area contributed by atoms with Gasteiger partial charge in [-0.15, -0.1) is 0 Å². The Bertz CT molecular complexity index is 367. The predicted octanol–water partition coefficient (Wildman–Crippen LogP) is 2.54. The summed E-state index contributed by atoms with van der Waals surface area (Å²) in [6, 6.07) is 2.29. The Hall–Kier alpha value is -1.36. The fourth-order valence-corrected chi connectivity index (χ4v) is 1.90. The normalized spacial score (nSPS) is 12.2. The van der Waals surface area contributed by atoms with Gasteiger partial charge in [0, 0.05) is 18.7 Å². The average molecular weight is 265 g/mol. The molecule has 108 valence electrons. The van der Waals surface area contributed by atoms with Crippen LogP contribution in [0.5, 0.6) is 0 Å². The van der Waals surface area contributed by atoms with Crippen LogP contribution in [0.4, 0.5) is 11.6 Å². The van der Waals surface area contributed by atoms with Gasteiger partial charge >= 0.3 is 0 Å². The van der Waals surface area contributed by atoms with Gasteiger partial charge in [0.1, 0.15) is 17.5 Å². The zero-order valence-electron chi connectivity index (χ0n) is 12.4. The van der Waals surface area contributed by atoms with Crippen molar-refractivity contribution < 1.29 is 0 Å². The Morgan fingerprint density at radius 2 is 2.00 bits per heavy atom. The molecule has 0 aliphatic rings. The van der Waals surface area contributed by atoms with Gasteiger partial charge in [-0.05, 0) is 33.2 Å². The van der Waals surface area contributed by atoms with Crippen LogP contribution in [0.3, 0.4) is 0 Å². The highest BCUT2D eigenvalue weighted by atomic mass is 15.1. The Morgan fingerprint density at radius 3 is 2.68 bits per heavy atom. The molecule has 1 rings (SSSR count). The first kappa shape index (κ1) is 15.7. The third kappa shape index (κ3) is 6.38. The van der Waals surface area contributed by atoms with E-state index in [9.17, 15) is 0 Å². The average Bonchev–Trinajstić information content (AvgIpc) is 2.34. The van der Waals surface area contributed by atoms with Crippen LogP contribution in [0.15, 0.2) is 6.07 Å². The molecule has 4 N–H and O–H groups in total. The van der Waals surface area contributed by atoms with Crippen molar-refractivity contribution in [2.45, 2.75) is 52.5 Å². The molecule has 0 spiro atoms. The molecule has 0 saturated carbocycles. The lowest BCUT2D eigenvalue weighted by Gasteiger charge is -2.15. The molecule has 5 nitrogen and oxygen atoms in total. The van der Waals surface area contributed by atoms with Crippen molar-refractivity contribution in [3.05, 3.63) is 11.9 Å². The lowest BCUT2D eigenvalue weighted by atomic mass is 10.2. The van der Waals surface area contributed by atoms with Gasteiger partial charge in [-0.2, -0.15) is 0 Å². The van der Waals surface area contributed by atoms with Crippen molar-refractivity contribution in [3.63, 3.8) is 0 Å². The monoisotopic (exact) mass is 265 g/mol. The van der Waals surface area contributed by atoms with Gasteiger partial charge in [-0.25, -0.2) is 9.97 Å². The Kier molecular flexibility index (Phi) is 7.18. The molecule has 0 fully saturated rings. The molecule has 0 saturated heterocycles. The first-order valence-electron chi connectivity index (χ1n) is 7.21. The fraction of sp³-hybridized carbons (Fsp3) is 0.714. The molecule has 5 heteroatoms. The number of nitrogens with two attached hydrogens (primary N) is 1. The Labute approximate surface area is 116 Å². The largest absolute Gasteiger partial charge is 0.370 e. The van der Waals surface area contributed by atoms with Gasteiger partial charge in [-0.3, -0.25) is 0 Å². The third-order valence-corrected chi connectivity index (χ3v) is 2.92. The number of nitrogens with zero attached hydrogens (tertiary/aromatic N) is 2. The van der Waals surface area contributed by atoms with Crippen LogP contribution in [-0.2, 0) is 0 Å². The standard InChI is InChI=1S/C14H27N5/c1-4-5-6-9-16-13-10-14(19-12(3)18-13)17-11(2)7-8-15/h10-11H,4-9,15H2,1-3H3,(H2,16,17,18,19). The maximum Gasteiger partial charge on any atom is 0.132 e. The quantitative estimate of drug-likeness (QED) is 0.598. The van der Waals surface area contributed by atoms with Gasteiger partial charge in [0.05, 0.1) is 0 Å². The van der Waals surface area contributed by atoms with E-state index in [0.717, 1.165) is 30.4 Å². The number of anilines is 2. The fourth-order valence-electron chi connectivity index (χ4n) is 1.90. The summed E-state index contributed by atoms with van der Waals surface area (Å²) >= 11 is 0. The minimum Gasteiger partial charge on any atom is -0.370 e. The number of nitrogens with one attached hydrogen (secondary N) is 2. The zero-order chi connectivity index (χ0) is 14.1. The van der Waals surface area contributed by atoms with Crippen LogP contribution in [-0.4, -0.2) is 29.1 Å². The van der Waals surface area contributed by atoms with E-state index in [1.807, 2.05) is 13.0 Å². The maximum atomic E-state index is 5.55. The van der Waals surface area contributed by atoms with Gasteiger partial charge in [0.2, 0.25) is 0 Å². The summed E-state index contributed by atoms with van der Waals surface area (Å²) in [5.41, 5.74) is 5.55. The second kappa shape index (κ2) is 8.69. The lowest BCUT2D eigenvalue weighted by Crippen LogP contribution is -2.20. The third-order valence-electron chi connectivity index (χ3n) is 2.92. The van der Waals surface area contributed by atoms with Gasteiger partial charge < -0.3 is 16.4 Å². The van der Waals surface area contributed by atoms with Crippen molar-refractivity contribution in [2.24, 2.45) is 5.73 Å². The number of hydrogen-bond acceptors (Lipinski definition) is 5. The number of rotatable bonds is 9. The van der Waals surface area contributed by atoms with Crippen LogP contribution < -0.4 is 16.4 Å². The summed E-state index contributed by atoms with van der Waals surface area (Å²) in [6.07, 6.45) is 4.58. The summed E-state index contributed by atoms with van der Waals surface area (Å²) in [7, 11) is 0. The van der Waals surface area contributed by atoms with E-state index >= 15 is 0 Å². The number of unbranched alkanes of at least 4 members (excludes halogenated alkanes) is 2. The van der Waals surface area contributed by atoms with Crippen molar-refractivity contribution in [2.75, 3.05) is 23.7 Å². The van der Waals surface area contributed by atoms with E-state index in [1.54, 1.807) is 0 Å². The van der Waals surface area contributed by atoms with Crippen LogP contribution >= 0.6 is 0 Å². The predicted molar refractivity (Wildman–Crippen MR) is 81.5 cm³/mol. The molecule has 1 aromatic rings. The Morgan fingerprint density at radius 1 is 1.26 bits per heavy atom. The summed E-state index contributed by atoms with van der Waals surface area (Å²) in [6.45, 7) is 7.87. The molecule has 19 heavy (non-hydrogen) atoms. The van der Waals surface area contributed by atoms with Crippen molar-refractivity contribution in [3.8, 4) is 0 Å². The van der Waals surface area contributed by atoms with E-state index in [0.29, 0.717) is 12.6 Å². The summed E-state index contributed by atoms with van der Waals surface area (Å²) in [4.78, 5) is 8.80. The molecule has 1 unspecified atom stereocenters. The van der Waals surface area contributed by atoms with Crippen molar-refractivity contribution >= 4 is 11.6 Å². The van der Waals surface area contributed by atoms with Crippen molar-refractivity contribution in [1.82, 2.24) is 9.97 Å². The van der Waals surface area contributed by atoms with E-state index in [1.165, 1.54) is 19.3 Å². The van der Waals surface area contributed by atoms with E-state index in [-0.39, 0.29) is 0 Å². The highest BCUT2D eigenvalue weighted by Gasteiger charge is 2.05. The zero-order valence-corrected chi connectivity index (χ0v) is 12.4. The summed E-state index contributed by atoms with van der Waals surface area (Å²) in [5, 5.41) is 6.70. The lowest BCUT2D eigenvalue weighted by molar-refractivity contribution is 0.712. The molecule has 0 bridgehead atoms. The van der Waals surface area contributed by atoms with Crippen LogP contribution in [0.2, 0.25) is 0 Å². The minimum absolute atomic E-state index is 0.326. The first-order chi connectivity index (χ1) is 9.15. The van der Waals surface area contributed by atoms with Crippen LogP contribution in [0.25, 0.3) is 0 Å². The second-order valence-corrected chi connectivity index (χ2v) is 4.94. The highest BCUT2D eigenvalue weighted by molar-refractivity contribution is 5.47. The molecule has 1 aromatic heterocycles. The minimum atomic E-state index is 0.326. The molecule has 0 aromatic carbocycles. The van der Waals surface area contributed by atoms with Gasteiger partial charge in [-0.1, -0.05) is 19.8 Å².